The van der Waals surface area contributed by atoms with Gasteiger partial charge < -0.3 is 5.11 Å². The first kappa shape index (κ1) is 15.2. The molecule has 0 atom stereocenters. The molecule has 0 aromatic heterocycles. The molecule has 0 unspecified atom stereocenters. The number of hydrogen-bond acceptors (Lipinski definition) is 3. The average Bonchev–Trinajstić information content (AvgIpc) is 2.07. The molecule has 1 rings (SSSR count). The molecule has 1 saturated heterocycles. The normalized spacial score (nSPS) is 18.6. The molecule has 0 aromatic carbocycles. The zero-order valence-electron chi connectivity index (χ0n) is 9.48. The molecule has 1 fully saturated rings. The van der Waals surface area contributed by atoms with Crippen LogP contribution in [-0.4, -0.2) is 48.8 Å². The number of alkyl halides is 3. The van der Waals surface area contributed by atoms with Crippen LogP contribution in [0.4, 0.5) is 13.2 Å². The number of halogens is 3. The Morgan fingerprint density at radius 1 is 1.33 bits per heavy atom. The van der Waals surface area contributed by atoms with E-state index in [9.17, 15) is 26.4 Å². The molecule has 1 heterocycles. The van der Waals surface area contributed by atoms with Crippen LogP contribution in [0.2, 0.25) is 0 Å². The largest absolute Gasteiger partial charge is 0.481 e. The minimum atomic E-state index is -4.35. The Hall–Kier alpha value is -0.830. The van der Waals surface area contributed by atoms with Gasteiger partial charge in [-0.15, -0.1) is 0 Å². The zero-order valence-corrected chi connectivity index (χ0v) is 10.3. The predicted octanol–water partition coefficient (Wildman–Crippen LogP) is 1.07. The van der Waals surface area contributed by atoms with Crippen LogP contribution >= 0.6 is 0 Å². The smallest absolute Gasteiger partial charge is 0.389 e. The molecule has 0 aliphatic carbocycles. The molecule has 5 nitrogen and oxygen atoms in total. The van der Waals surface area contributed by atoms with Crippen LogP contribution in [0, 0.1) is 5.92 Å². The monoisotopic (exact) mass is 289 g/mol. The molecule has 0 amide bonds. The van der Waals surface area contributed by atoms with Crippen LogP contribution < -0.4 is 0 Å². The van der Waals surface area contributed by atoms with Gasteiger partial charge in [-0.1, -0.05) is 0 Å². The van der Waals surface area contributed by atoms with Gasteiger partial charge >= 0.3 is 12.1 Å². The Morgan fingerprint density at radius 3 is 2.33 bits per heavy atom. The van der Waals surface area contributed by atoms with Crippen molar-refractivity contribution < 1.29 is 31.5 Å². The Balaban J connectivity index is 2.32. The zero-order chi connectivity index (χ0) is 14.0. The number of aliphatic carboxylic acids is 1. The summed E-state index contributed by atoms with van der Waals surface area (Å²) < 4.78 is 59.7. The highest BCUT2D eigenvalue weighted by Crippen LogP contribution is 2.25. The third kappa shape index (κ3) is 4.81. The van der Waals surface area contributed by atoms with E-state index in [1.807, 2.05) is 0 Å². The van der Waals surface area contributed by atoms with Gasteiger partial charge in [-0.3, -0.25) is 4.79 Å². The van der Waals surface area contributed by atoms with Crippen LogP contribution in [0.5, 0.6) is 0 Å². The lowest BCUT2D eigenvalue weighted by Crippen LogP contribution is -2.51. The summed E-state index contributed by atoms with van der Waals surface area (Å²) in [5.41, 5.74) is 0. The first-order chi connectivity index (χ1) is 8.10. The fourth-order valence-electron chi connectivity index (χ4n) is 1.71. The summed E-state index contributed by atoms with van der Waals surface area (Å²) in [6, 6.07) is 0. The summed E-state index contributed by atoms with van der Waals surface area (Å²) in [7, 11) is -3.67. The number of carboxylic acids is 1. The van der Waals surface area contributed by atoms with Crippen LogP contribution in [0.25, 0.3) is 0 Å². The minimum absolute atomic E-state index is 0.0840. The van der Waals surface area contributed by atoms with Gasteiger partial charge in [0.05, 0.1) is 12.2 Å². The Morgan fingerprint density at radius 2 is 1.89 bits per heavy atom. The fourth-order valence-corrected chi connectivity index (χ4v) is 3.35. The molecule has 18 heavy (non-hydrogen) atoms. The van der Waals surface area contributed by atoms with Gasteiger partial charge in [0.2, 0.25) is 10.0 Å². The van der Waals surface area contributed by atoms with Crippen molar-refractivity contribution in [3.63, 3.8) is 0 Å². The average molecular weight is 289 g/mol. The van der Waals surface area contributed by atoms with Gasteiger partial charge in [-0.25, -0.2) is 12.7 Å². The summed E-state index contributed by atoms with van der Waals surface area (Å²) >= 11 is 0. The SMILES string of the molecule is O=C(O)CC1CN(S(=O)(=O)CCCC(F)(F)F)C1. The van der Waals surface area contributed by atoms with E-state index < -0.39 is 40.8 Å². The van der Waals surface area contributed by atoms with E-state index in [4.69, 9.17) is 5.11 Å². The quantitative estimate of drug-likeness (QED) is 0.793. The summed E-state index contributed by atoms with van der Waals surface area (Å²) in [6.07, 6.45) is -6.06. The predicted molar refractivity (Wildman–Crippen MR) is 56.4 cm³/mol. The summed E-state index contributed by atoms with van der Waals surface area (Å²) in [6.45, 7) is 0.168. The van der Waals surface area contributed by atoms with Gasteiger partial charge in [0, 0.05) is 19.5 Å². The minimum Gasteiger partial charge on any atom is -0.481 e. The number of hydrogen-bond donors (Lipinski definition) is 1. The van der Waals surface area contributed by atoms with E-state index in [2.05, 4.69) is 0 Å². The first-order valence-corrected chi connectivity index (χ1v) is 6.97. The number of nitrogens with zero attached hydrogens (tertiary/aromatic N) is 1. The van der Waals surface area contributed by atoms with Crippen molar-refractivity contribution in [1.82, 2.24) is 4.31 Å². The molecule has 0 bridgehead atoms. The van der Waals surface area contributed by atoms with Crippen molar-refractivity contribution >= 4 is 16.0 Å². The van der Waals surface area contributed by atoms with Crippen LogP contribution in [0.1, 0.15) is 19.3 Å². The maximum atomic E-state index is 11.9. The molecular formula is C9H14F3NO4S. The molecule has 106 valence electrons. The van der Waals surface area contributed by atoms with Crippen molar-refractivity contribution in [1.29, 1.82) is 0 Å². The van der Waals surface area contributed by atoms with Gasteiger partial charge in [-0.05, 0) is 12.3 Å². The molecule has 0 spiro atoms. The molecule has 1 N–H and O–H groups in total. The summed E-state index contributed by atoms with van der Waals surface area (Å²) in [5.74, 6) is -1.79. The van der Waals surface area contributed by atoms with Gasteiger partial charge in [0.25, 0.3) is 0 Å². The second-order valence-electron chi connectivity index (χ2n) is 4.32. The van der Waals surface area contributed by atoms with Crippen molar-refractivity contribution in [3.8, 4) is 0 Å². The number of rotatable bonds is 6. The van der Waals surface area contributed by atoms with Crippen molar-refractivity contribution in [3.05, 3.63) is 0 Å². The molecule has 1 aliphatic rings. The van der Waals surface area contributed by atoms with E-state index in [0.29, 0.717) is 0 Å². The highest BCUT2D eigenvalue weighted by atomic mass is 32.2. The molecule has 9 heteroatoms. The van der Waals surface area contributed by atoms with E-state index >= 15 is 0 Å². The maximum Gasteiger partial charge on any atom is 0.389 e. The lowest BCUT2D eigenvalue weighted by atomic mass is 10.00. The molecule has 0 radical (unpaired) electrons. The van der Waals surface area contributed by atoms with Gasteiger partial charge in [0.1, 0.15) is 0 Å². The third-order valence-corrected chi connectivity index (χ3v) is 4.53. The van der Waals surface area contributed by atoms with Crippen molar-refractivity contribution in [2.45, 2.75) is 25.4 Å². The Bertz CT molecular complexity index is 401. The number of carboxylic acid groups (broad SMARTS) is 1. The van der Waals surface area contributed by atoms with Gasteiger partial charge in [0.15, 0.2) is 0 Å². The second kappa shape index (κ2) is 5.43. The fraction of sp³-hybridized carbons (Fsp3) is 0.889. The highest BCUT2D eigenvalue weighted by molar-refractivity contribution is 7.89. The second-order valence-corrected chi connectivity index (χ2v) is 6.40. The lowest BCUT2D eigenvalue weighted by Gasteiger charge is -2.37. The Kier molecular flexibility index (Phi) is 4.60. The van der Waals surface area contributed by atoms with Crippen LogP contribution in [0.15, 0.2) is 0 Å². The lowest BCUT2D eigenvalue weighted by molar-refractivity contribution is -0.139. The molecule has 1 aliphatic heterocycles. The number of sulfonamides is 1. The molecular weight excluding hydrogens is 275 g/mol. The van der Waals surface area contributed by atoms with E-state index in [-0.39, 0.29) is 25.4 Å². The van der Waals surface area contributed by atoms with Gasteiger partial charge in [-0.2, -0.15) is 13.2 Å². The first-order valence-electron chi connectivity index (χ1n) is 5.36. The summed E-state index contributed by atoms with van der Waals surface area (Å²) in [4.78, 5) is 10.3. The van der Waals surface area contributed by atoms with Crippen molar-refractivity contribution in [2.24, 2.45) is 5.92 Å². The van der Waals surface area contributed by atoms with Crippen LogP contribution in [0.3, 0.4) is 0 Å². The third-order valence-electron chi connectivity index (χ3n) is 2.64. The van der Waals surface area contributed by atoms with Crippen LogP contribution in [-0.2, 0) is 14.8 Å². The van der Waals surface area contributed by atoms with E-state index in [1.165, 1.54) is 0 Å². The Labute approximate surface area is 103 Å². The highest BCUT2D eigenvalue weighted by Gasteiger charge is 2.37. The molecule has 0 saturated carbocycles. The van der Waals surface area contributed by atoms with E-state index in [0.717, 1.165) is 4.31 Å². The maximum absolute atomic E-state index is 11.9. The van der Waals surface area contributed by atoms with E-state index in [1.54, 1.807) is 0 Å². The summed E-state index contributed by atoms with van der Waals surface area (Å²) in [5, 5.41) is 8.48. The van der Waals surface area contributed by atoms with Crippen molar-refractivity contribution in [2.75, 3.05) is 18.8 Å². The topological polar surface area (TPSA) is 74.7 Å². The standard InChI is InChI=1S/C9H14F3NO4S/c10-9(11,12)2-1-3-18(16,17)13-5-7(6-13)4-8(14)15/h7H,1-6H2,(H,14,15). The number of carbonyl (C=O) groups is 1. The molecule has 0 aromatic rings.